The van der Waals surface area contributed by atoms with E-state index in [4.69, 9.17) is 10.5 Å². The van der Waals surface area contributed by atoms with Crippen molar-refractivity contribution in [2.45, 2.75) is 64.0 Å². The van der Waals surface area contributed by atoms with Crippen LogP contribution in [0.2, 0.25) is 0 Å². The zero-order valence-corrected chi connectivity index (χ0v) is 20.7. The van der Waals surface area contributed by atoms with Crippen LogP contribution in [0.5, 0.6) is 0 Å². The highest BCUT2D eigenvalue weighted by Crippen LogP contribution is 2.31. The van der Waals surface area contributed by atoms with E-state index in [9.17, 15) is 9.90 Å². The Kier molecular flexibility index (Phi) is 8.77. The number of aryl methyl sites for hydroxylation is 1. The molecule has 1 fully saturated rings. The second kappa shape index (κ2) is 12.2. The number of allylic oxidation sites excluding steroid dienone is 3. The number of nitrogens with one attached hydrogen (secondary N) is 1. The molecular weight excluding hydrogens is 440 g/mol. The number of likely N-dealkylation sites (tertiary alicyclic amines) is 1. The Morgan fingerprint density at radius 1 is 1.37 bits per heavy atom. The van der Waals surface area contributed by atoms with Crippen LogP contribution < -0.4 is 11.1 Å². The standard InChI is InChI=1S/C28H38N4O3/c1-20-17-24-23(11-7-12-25(24)31-18-20)26(28(33)34)32-15-13-22(19-32)35-16-6-4-2-3-5-9-21-10-8-14-30-27(21)29/h5,7,9,11-12,17-18,22,26,30H,2-4,6,8,10,13-16,19,29H2,1H3,(H,33,34)/b9-5-/t22-,26?/m1/s1. The van der Waals surface area contributed by atoms with Crippen LogP contribution in [0.1, 0.15) is 62.1 Å². The summed E-state index contributed by atoms with van der Waals surface area (Å²) in [6.45, 7) is 5.03. The smallest absolute Gasteiger partial charge is 0.325 e. The summed E-state index contributed by atoms with van der Waals surface area (Å²) >= 11 is 0. The first-order chi connectivity index (χ1) is 17.0. The van der Waals surface area contributed by atoms with Gasteiger partial charge in [0.15, 0.2) is 0 Å². The molecule has 0 radical (unpaired) electrons. The van der Waals surface area contributed by atoms with Crippen LogP contribution in [0.3, 0.4) is 0 Å². The summed E-state index contributed by atoms with van der Waals surface area (Å²) < 4.78 is 6.12. The van der Waals surface area contributed by atoms with E-state index in [1.165, 1.54) is 5.57 Å². The Morgan fingerprint density at radius 3 is 3.09 bits per heavy atom. The number of pyridine rings is 1. The number of aromatic nitrogens is 1. The second-order valence-corrected chi connectivity index (χ2v) is 9.66. The zero-order chi connectivity index (χ0) is 24.6. The summed E-state index contributed by atoms with van der Waals surface area (Å²) in [6, 6.07) is 7.09. The van der Waals surface area contributed by atoms with Gasteiger partial charge in [-0.3, -0.25) is 14.7 Å². The Morgan fingerprint density at radius 2 is 2.26 bits per heavy atom. The quantitative estimate of drug-likeness (QED) is 0.411. The van der Waals surface area contributed by atoms with Gasteiger partial charge in [0, 0.05) is 37.8 Å². The van der Waals surface area contributed by atoms with Crippen LogP contribution in [-0.4, -0.2) is 53.3 Å². The third-order valence-corrected chi connectivity index (χ3v) is 6.94. The molecule has 1 aromatic heterocycles. The van der Waals surface area contributed by atoms with Gasteiger partial charge in [-0.25, -0.2) is 0 Å². The van der Waals surface area contributed by atoms with E-state index >= 15 is 0 Å². The summed E-state index contributed by atoms with van der Waals surface area (Å²) in [7, 11) is 0. The van der Waals surface area contributed by atoms with Crippen molar-refractivity contribution in [2.24, 2.45) is 5.73 Å². The van der Waals surface area contributed by atoms with E-state index in [0.717, 1.165) is 92.5 Å². The van der Waals surface area contributed by atoms with Gasteiger partial charge < -0.3 is 20.9 Å². The number of nitrogens with zero attached hydrogens (tertiary/aromatic N) is 2. The number of benzene rings is 1. The van der Waals surface area contributed by atoms with Gasteiger partial charge in [0.05, 0.1) is 17.4 Å². The molecule has 4 N–H and O–H groups in total. The zero-order valence-electron chi connectivity index (χ0n) is 20.7. The Bertz CT molecular complexity index is 1080. The molecule has 0 bridgehead atoms. The van der Waals surface area contributed by atoms with Crippen molar-refractivity contribution in [1.29, 1.82) is 0 Å². The number of hydrogen-bond acceptors (Lipinski definition) is 6. The summed E-state index contributed by atoms with van der Waals surface area (Å²) in [6.07, 6.45) is 13.7. The van der Waals surface area contributed by atoms with Crippen LogP contribution in [0, 0.1) is 6.92 Å². The summed E-state index contributed by atoms with van der Waals surface area (Å²) in [5.41, 5.74) is 9.88. The molecule has 2 aromatic rings. The van der Waals surface area contributed by atoms with Gasteiger partial charge in [-0.2, -0.15) is 0 Å². The minimum Gasteiger partial charge on any atom is -0.480 e. The summed E-state index contributed by atoms with van der Waals surface area (Å²) in [4.78, 5) is 18.8. The fourth-order valence-corrected chi connectivity index (χ4v) is 5.07. The normalized spacial score (nSPS) is 20.0. The lowest BCUT2D eigenvalue weighted by molar-refractivity contribution is -0.143. The molecule has 2 aliphatic rings. The monoisotopic (exact) mass is 478 g/mol. The molecule has 0 aliphatic carbocycles. The molecule has 188 valence electrons. The first-order valence-electron chi connectivity index (χ1n) is 12.9. The number of unbranched alkanes of at least 4 members (excludes halogenated alkanes) is 3. The largest absolute Gasteiger partial charge is 0.480 e. The van der Waals surface area contributed by atoms with Crippen molar-refractivity contribution in [3.05, 3.63) is 65.1 Å². The number of carbonyl (C=O) groups is 1. The molecule has 2 aliphatic heterocycles. The van der Waals surface area contributed by atoms with Crippen molar-refractivity contribution in [3.8, 4) is 0 Å². The van der Waals surface area contributed by atoms with Gasteiger partial charge in [0.1, 0.15) is 6.04 Å². The number of fused-ring (bicyclic) bond motifs is 1. The lowest BCUT2D eigenvalue weighted by Crippen LogP contribution is -2.33. The minimum atomic E-state index is -0.825. The SMILES string of the molecule is Cc1cnc2cccc(C(C(=O)O)N3CC[C@@H](OCCCCC/C=C\C4=C(N)NCCC4)C3)c2c1. The molecule has 4 rings (SSSR count). The second-order valence-electron chi connectivity index (χ2n) is 9.66. The molecule has 7 heteroatoms. The van der Waals surface area contributed by atoms with Crippen molar-refractivity contribution >= 4 is 16.9 Å². The summed E-state index contributed by atoms with van der Waals surface area (Å²) in [5, 5.41) is 14.2. The van der Waals surface area contributed by atoms with Crippen molar-refractivity contribution < 1.29 is 14.6 Å². The molecule has 0 amide bonds. The molecule has 0 spiro atoms. The molecule has 2 atom stereocenters. The number of rotatable bonds is 11. The maximum atomic E-state index is 12.3. The van der Waals surface area contributed by atoms with E-state index < -0.39 is 12.0 Å². The highest BCUT2D eigenvalue weighted by molar-refractivity contribution is 5.88. The predicted molar refractivity (Wildman–Crippen MR) is 139 cm³/mol. The highest BCUT2D eigenvalue weighted by Gasteiger charge is 2.34. The van der Waals surface area contributed by atoms with Crippen LogP contribution in [0.15, 0.2) is 54.0 Å². The van der Waals surface area contributed by atoms with Gasteiger partial charge in [-0.05, 0) is 74.3 Å². The number of nitrogens with two attached hydrogens (primary N) is 1. The van der Waals surface area contributed by atoms with Gasteiger partial charge in [0.2, 0.25) is 0 Å². The van der Waals surface area contributed by atoms with E-state index in [-0.39, 0.29) is 6.10 Å². The van der Waals surface area contributed by atoms with Crippen LogP contribution in [-0.2, 0) is 9.53 Å². The lowest BCUT2D eigenvalue weighted by atomic mass is 9.99. The molecule has 3 heterocycles. The Hall–Kier alpha value is -2.90. The fraction of sp³-hybridized carbons (Fsp3) is 0.500. The fourth-order valence-electron chi connectivity index (χ4n) is 5.07. The van der Waals surface area contributed by atoms with Gasteiger partial charge >= 0.3 is 5.97 Å². The maximum Gasteiger partial charge on any atom is 0.325 e. The molecular formula is C28H38N4O3. The van der Waals surface area contributed by atoms with Crippen molar-refractivity contribution in [1.82, 2.24) is 15.2 Å². The topological polar surface area (TPSA) is 101 Å². The lowest BCUT2D eigenvalue weighted by Gasteiger charge is -2.25. The van der Waals surface area contributed by atoms with Crippen molar-refractivity contribution in [2.75, 3.05) is 26.2 Å². The van der Waals surface area contributed by atoms with Crippen molar-refractivity contribution in [3.63, 3.8) is 0 Å². The predicted octanol–water partition coefficient (Wildman–Crippen LogP) is 4.43. The number of carboxylic acids is 1. The third kappa shape index (κ3) is 6.61. The highest BCUT2D eigenvalue weighted by atomic mass is 16.5. The van der Waals surface area contributed by atoms with E-state index in [1.807, 2.05) is 42.3 Å². The first kappa shape index (κ1) is 25.2. The number of hydrogen-bond donors (Lipinski definition) is 3. The molecule has 7 nitrogen and oxygen atoms in total. The summed E-state index contributed by atoms with van der Waals surface area (Å²) in [5.74, 6) is -0.00175. The van der Waals surface area contributed by atoms with Crippen LogP contribution >= 0.6 is 0 Å². The van der Waals surface area contributed by atoms with Gasteiger partial charge in [0.25, 0.3) is 0 Å². The number of ether oxygens (including phenoxy) is 1. The van der Waals surface area contributed by atoms with Crippen LogP contribution in [0.25, 0.3) is 10.9 Å². The number of carboxylic acid groups (broad SMARTS) is 1. The average molecular weight is 479 g/mol. The molecule has 1 saturated heterocycles. The van der Waals surface area contributed by atoms with Gasteiger partial charge in [-0.15, -0.1) is 0 Å². The third-order valence-electron chi connectivity index (χ3n) is 6.94. The number of aliphatic carboxylic acids is 1. The molecule has 1 unspecified atom stereocenters. The molecule has 1 aromatic carbocycles. The Balaban J connectivity index is 1.22. The van der Waals surface area contributed by atoms with Crippen LogP contribution in [0.4, 0.5) is 0 Å². The van der Waals surface area contributed by atoms with E-state index in [2.05, 4.69) is 22.5 Å². The van der Waals surface area contributed by atoms with Gasteiger partial charge in [-0.1, -0.05) is 30.7 Å². The van der Waals surface area contributed by atoms with E-state index in [0.29, 0.717) is 6.54 Å². The molecule has 35 heavy (non-hydrogen) atoms. The maximum absolute atomic E-state index is 12.3. The Labute approximate surface area is 208 Å². The molecule has 0 saturated carbocycles. The van der Waals surface area contributed by atoms with E-state index in [1.54, 1.807) is 0 Å². The first-order valence-corrected chi connectivity index (χ1v) is 12.9. The average Bonchev–Trinajstić information content (AvgIpc) is 3.30. The minimum absolute atomic E-state index is 0.0836.